The quantitative estimate of drug-likeness (QED) is 0.417. The number of anilines is 1. The van der Waals surface area contributed by atoms with Gasteiger partial charge in [0.2, 0.25) is 11.8 Å². The first-order chi connectivity index (χ1) is 16.0. The Morgan fingerprint density at radius 1 is 0.939 bits per heavy atom. The number of ether oxygens (including phenoxy) is 2. The number of nitrogens with zero attached hydrogens (tertiary/aromatic N) is 4. The van der Waals surface area contributed by atoms with Gasteiger partial charge in [0, 0.05) is 23.5 Å². The summed E-state index contributed by atoms with van der Waals surface area (Å²) in [5.41, 5.74) is 3.51. The van der Waals surface area contributed by atoms with Gasteiger partial charge in [-0.05, 0) is 68.0 Å². The maximum Gasteiger partial charge on any atom is 0.248 e. The molecule has 0 unspecified atom stereocenters. The van der Waals surface area contributed by atoms with Crippen LogP contribution in [0.1, 0.15) is 17.0 Å². The van der Waals surface area contributed by atoms with Crippen molar-refractivity contribution in [2.24, 2.45) is 0 Å². The highest BCUT2D eigenvalue weighted by atomic mass is 16.5. The highest BCUT2D eigenvalue weighted by molar-refractivity contribution is 6.01. The van der Waals surface area contributed by atoms with Crippen LogP contribution in [0.3, 0.4) is 0 Å². The van der Waals surface area contributed by atoms with Crippen LogP contribution in [0.4, 0.5) is 5.69 Å². The zero-order chi connectivity index (χ0) is 23.2. The fourth-order valence-electron chi connectivity index (χ4n) is 3.02. The Morgan fingerprint density at radius 2 is 1.67 bits per heavy atom. The summed E-state index contributed by atoms with van der Waals surface area (Å²) < 4.78 is 12.7. The Bertz CT molecular complexity index is 1260. The average molecular weight is 441 g/mol. The van der Waals surface area contributed by atoms with Crippen molar-refractivity contribution in [3.05, 3.63) is 90.0 Å². The minimum Gasteiger partial charge on any atom is -0.497 e. The average Bonchev–Trinajstić information content (AvgIpc) is 3.18. The summed E-state index contributed by atoms with van der Waals surface area (Å²) >= 11 is 0. The lowest BCUT2D eigenvalue weighted by atomic mass is 10.2. The van der Waals surface area contributed by atoms with Crippen molar-refractivity contribution in [3.8, 4) is 23.2 Å². The number of carbonyl (C=O) groups is 1. The normalized spacial score (nSPS) is 10.9. The molecule has 0 saturated heterocycles. The highest BCUT2D eigenvalue weighted by Crippen LogP contribution is 2.22. The van der Waals surface area contributed by atoms with Crippen LogP contribution in [-0.2, 0) is 4.79 Å². The highest BCUT2D eigenvalue weighted by Gasteiger charge is 2.07. The summed E-state index contributed by atoms with van der Waals surface area (Å²) in [6.07, 6.45) is 4.93. The summed E-state index contributed by atoms with van der Waals surface area (Å²) in [4.78, 5) is 16.5. The fourth-order valence-corrected chi connectivity index (χ4v) is 3.02. The van der Waals surface area contributed by atoms with E-state index in [0.29, 0.717) is 23.1 Å². The molecule has 8 heteroatoms. The van der Waals surface area contributed by atoms with Gasteiger partial charge in [0.25, 0.3) is 0 Å². The number of rotatable bonds is 7. The van der Waals surface area contributed by atoms with E-state index < -0.39 is 0 Å². The predicted octanol–water partition coefficient (Wildman–Crippen LogP) is 4.73. The lowest BCUT2D eigenvalue weighted by molar-refractivity contribution is -0.111. The monoisotopic (exact) mass is 441 g/mol. The molecule has 8 nitrogen and oxygen atoms in total. The van der Waals surface area contributed by atoms with Gasteiger partial charge in [-0.15, -0.1) is 10.2 Å². The molecule has 0 spiro atoms. The van der Waals surface area contributed by atoms with Crippen molar-refractivity contribution >= 4 is 17.7 Å². The van der Waals surface area contributed by atoms with Gasteiger partial charge in [0.15, 0.2) is 5.82 Å². The molecule has 4 aromatic rings. The number of aromatic nitrogens is 4. The molecule has 0 saturated carbocycles. The van der Waals surface area contributed by atoms with Crippen LogP contribution in [0.25, 0.3) is 11.9 Å². The first-order valence-corrected chi connectivity index (χ1v) is 10.3. The van der Waals surface area contributed by atoms with Crippen LogP contribution in [0, 0.1) is 13.8 Å². The molecule has 1 amide bonds. The Morgan fingerprint density at radius 3 is 2.27 bits per heavy atom. The van der Waals surface area contributed by atoms with Crippen LogP contribution in [0.2, 0.25) is 0 Å². The summed E-state index contributed by atoms with van der Waals surface area (Å²) in [5, 5.41) is 11.2. The Kier molecular flexibility index (Phi) is 6.45. The number of amides is 1. The molecule has 0 fully saturated rings. The second kappa shape index (κ2) is 9.78. The second-order valence-corrected chi connectivity index (χ2v) is 7.24. The Balaban J connectivity index is 1.33. The fraction of sp³-hybridized carbons (Fsp3) is 0.120. The van der Waals surface area contributed by atoms with Crippen LogP contribution in [0.5, 0.6) is 17.4 Å². The van der Waals surface area contributed by atoms with Gasteiger partial charge in [-0.2, -0.15) is 0 Å². The third-order valence-electron chi connectivity index (χ3n) is 5.01. The van der Waals surface area contributed by atoms with Crippen LogP contribution in [-0.4, -0.2) is 32.8 Å². The lowest BCUT2D eigenvalue weighted by Crippen LogP contribution is -2.07. The van der Waals surface area contributed by atoms with E-state index in [4.69, 9.17) is 9.47 Å². The number of hydrogen-bond donors (Lipinski definition) is 1. The minimum absolute atomic E-state index is 0.231. The molecule has 166 valence electrons. The van der Waals surface area contributed by atoms with E-state index in [1.54, 1.807) is 49.8 Å². The van der Waals surface area contributed by atoms with Gasteiger partial charge in [-0.1, -0.05) is 12.1 Å². The van der Waals surface area contributed by atoms with E-state index in [2.05, 4.69) is 20.5 Å². The number of carbonyl (C=O) groups excluding carboxylic acids is 1. The number of methoxy groups -OCH3 is 1. The molecule has 0 radical (unpaired) electrons. The van der Waals surface area contributed by atoms with Crippen molar-refractivity contribution in [1.29, 1.82) is 0 Å². The van der Waals surface area contributed by atoms with Crippen LogP contribution < -0.4 is 14.8 Å². The SMILES string of the molecule is COc1ccc(/C=C/C(=O)Nc2ccc(Oc3ccc(-n4cnc(C)c4C)nn3)cc2)cc1. The molecule has 0 aliphatic rings. The number of benzene rings is 2. The maximum absolute atomic E-state index is 12.2. The molecule has 0 atom stereocenters. The molecular weight excluding hydrogens is 418 g/mol. The van der Waals surface area contributed by atoms with E-state index >= 15 is 0 Å². The first-order valence-electron chi connectivity index (χ1n) is 10.3. The molecule has 0 aliphatic carbocycles. The molecule has 1 N–H and O–H groups in total. The lowest BCUT2D eigenvalue weighted by Gasteiger charge is -2.07. The summed E-state index contributed by atoms with van der Waals surface area (Å²) in [6, 6.07) is 18.0. The maximum atomic E-state index is 12.2. The summed E-state index contributed by atoms with van der Waals surface area (Å²) in [5.74, 6) is 2.15. The topological polar surface area (TPSA) is 91.2 Å². The van der Waals surface area contributed by atoms with E-state index in [1.807, 2.05) is 48.7 Å². The Labute approximate surface area is 191 Å². The summed E-state index contributed by atoms with van der Waals surface area (Å²) in [7, 11) is 1.61. The third kappa shape index (κ3) is 5.43. The van der Waals surface area contributed by atoms with Gasteiger partial charge in [0.05, 0.1) is 12.8 Å². The largest absolute Gasteiger partial charge is 0.497 e. The third-order valence-corrected chi connectivity index (χ3v) is 5.01. The predicted molar refractivity (Wildman–Crippen MR) is 126 cm³/mol. The molecule has 2 heterocycles. The number of nitrogens with one attached hydrogen (secondary N) is 1. The molecule has 2 aromatic heterocycles. The van der Waals surface area contributed by atoms with E-state index in [9.17, 15) is 4.79 Å². The van der Waals surface area contributed by atoms with E-state index in [0.717, 1.165) is 22.7 Å². The van der Waals surface area contributed by atoms with E-state index in [1.165, 1.54) is 6.08 Å². The van der Waals surface area contributed by atoms with Crippen molar-refractivity contribution in [1.82, 2.24) is 19.7 Å². The van der Waals surface area contributed by atoms with Crippen molar-refractivity contribution in [2.45, 2.75) is 13.8 Å². The molecule has 4 rings (SSSR count). The van der Waals surface area contributed by atoms with Crippen LogP contribution in [0.15, 0.2) is 73.1 Å². The zero-order valence-corrected chi connectivity index (χ0v) is 18.5. The van der Waals surface area contributed by atoms with Gasteiger partial charge in [0.1, 0.15) is 17.8 Å². The molecule has 2 aromatic carbocycles. The van der Waals surface area contributed by atoms with Crippen molar-refractivity contribution < 1.29 is 14.3 Å². The zero-order valence-electron chi connectivity index (χ0n) is 18.5. The number of hydrogen-bond acceptors (Lipinski definition) is 6. The number of imidazole rings is 1. The first kappa shape index (κ1) is 21.8. The van der Waals surface area contributed by atoms with Crippen LogP contribution >= 0.6 is 0 Å². The van der Waals surface area contributed by atoms with Crippen molar-refractivity contribution in [3.63, 3.8) is 0 Å². The molecule has 0 bridgehead atoms. The minimum atomic E-state index is -0.231. The smallest absolute Gasteiger partial charge is 0.248 e. The van der Waals surface area contributed by atoms with Crippen molar-refractivity contribution in [2.75, 3.05) is 12.4 Å². The summed E-state index contributed by atoms with van der Waals surface area (Å²) in [6.45, 7) is 3.92. The Hall–Kier alpha value is -4.46. The number of aryl methyl sites for hydroxylation is 1. The van der Waals surface area contributed by atoms with Gasteiger partial charge in [-0.3, -0.25) is 9.36 Å². The van der Waals surface area contributed by atoms with Gasteiger partial charge in [-0.25, -0.2) is 4.98 Å². The standard InChI is InChI=1S/C25H23N5O3/c1-17-18(2)30(16-26-17)23-13-15-25(29-28-23)33-22-11-7-20(8-12-22)27-24(31)14-6-19-4-9-21(32-3)10-5-19/h4-16H,1-3H3,(H,27,31)/b14-6+. The van der Waals surface area contributed by atoms with E-state index in [-0.39, 0.29) is 5.91 Å². The second-order valence-electron chi connectivity index (χ2n) is 7.24. The molecule has 0 aliphatic heterocycles. The van der Waals surface area contributed by atoms with Gasteiger partial charge >= 0.3 is 0 Å². The molecular formula is C25H23N5O3. The van der Waals surface area contributed by atoms with Gasteiger partial charge < -0.3 is 14.8 Å². The molecule has 33 heavy (non-hydrogen) atoms.